The number of unbranched alkanes of at least 4 members (excludes halogenated alkanes) is 36. The van der Waals surface area contributed by atoms with Crippen molar-refractivity contribution in [3.8, 4) is 0 Å². The molecule has 0 heterocycles. The first kappa shape index (κ1) is 73.7. The van der Waals surface area contributed by atoms with Crippen molar-refractivity contribution in [1.82, 2.24) is 0 Å². The Hall–Kier alpha value is -0.310. The standard InChI is InChI=1S/C18H35ClO2.C16H31ClO.C16H32O2.2C2H5ClO/c1-2-3-4-5-6-7-8-9-10-11-12-13-14-15-18(20)21-17-16-19;2*1-2-3-4-5-6-7-8-9-10-11-12-13-14-15-16(17)18;2*3-1-2-4/h2-17H2,1H3;2-15H2,1H3;2-15H2,1H3,(H,17,18);2*4H,1-2H2. The van der Waals surface area contributed by atoms with Crippen LogP contribution in [0, 0.1) is 0 Å². The molecule has 0 spiro atoms. The van der Waals surface area contributed by atoms with E-state index in [1.807, 2.05) is 0 Å². The van der Waals surface area contributed by atoms with Gasteiger partial charge in [-0.2, -0.15) is 0 Å². The zero-order valence-corrected chi connectivity index (χ0v) is 46.0. The Balaban J connectivity index is -0.000000255. The maximum atomic E-state index is 11.2. The minimum atomic E-state index is -0.655. The first-order valence-corrected chi connectivity index (χ1v) is 29.1. The molecule has 0 aromatic rings. The Morgan fingerprint density at radius 3 is 0.769 bits per heavy atom. The maximum absolute atomic E-state index is 11.2. The van der Waals surface area contributed by atoms with Crippen molar-refractivity contribution >= 4 is 63.6 Å². The van der Waals surface area contributed by atoms with Crippen LogP contribution in [0.25, 0.3) is 0 Å². The van der Waals surface area contributed by atoms with Crippen LogP contribution in [-0.4, -0.2) is 70.0 Å². The van der Waals surface area contributed by atoms with E-state index in [1.54, 1.807) is 0 Å². The zero-order chi connectivity index (χ0) is 49.4. The molecule has 0 fully saturated rings. The lowest BCUT2D eigenvalue weighted by Gasteiger charge is -2.03. The summed E-state index contributed by atoms with van der Waals surface area (Å²) in [6.07, 6.45) is 52.9. The van der Waals surface area contributed by atoms with Gasteiger partial charge in [0.1, 0.15) is 6.61 Å². The summed E-state index contributed by atoms with van der Waals surface area (Å²) in [6.45, 7) is 7.31. The number of rotatable bonds is 46. The van der Waals surface area contributed by atoms with Crippen molar-refractivity contribution in [3.63, 3.8) is 0 Å². The highest BCUT2D eigenvalue weighted by molar-refractivity contribution is 6.63. The Bertz CT molecular complexity index is 806. The molecule has 0 bridgehead atoms. The molecule has 0 saturated heterocycles. The van der Waals surface area contributed by atoms with E-state index in [9.17, 15) is 14.4 Å². The second-order valence-electron chi connectivity index (χ2n) is 17.5. The van der Waals surface area contributed by atoms with Gasteiger partial charge in [-0.05, 0) is 30.9 Å². The molecule has 0 rings (SSSR count). The Labute approximate surface area is 423 Å². The fourth-order valence-electron chi connectivity index (χ4n) is 7.09. The van der Waals surface area contributed by atoms with Crippen LogP contribution in [0.1, 0.15) is 290 Å². The molecule has 0 aliphatic rings. The van der Waals surface area contributed by atoms with E-state index in [4.69, 9.17) is 66.5 Å². The predicted octanol–water partition coefficient (Wildman–Crippen LogP) is 18.5. The largest absolute Gasteiger partial charge is 0.481 e. The van der Waals surface area contributed by atoms with Crippen LogP contribution in [0.2, 0.25) is 0 Å². The molecule has 3 N–H and O–H groups in total. The zero-order valence-electron chi connectivity index (χ0n) is 42.9. The summed E-state index contributed by atoms with van der Waals surface area (Å²) in [5, 5.41) is 23.8. The number of esters is 1. The molecule has 7 nitrogen and oxygen atoms in total. The maximum Gasteiger partial charge on any atom is 0.305 e. The molecule has 65 heavy (non-hydrogen) atoms. The summed E-state index contributed by atoms with van der Waals surface area (Å²) in [6, 6.07) is 0. The third-order valence-electron chi connectivity index (χ3n) is 11.0. The van der Waals surface area contributed by atoms with Gasteiger partial charge in [0, 0.05) is 31.0 Å². The van der Waals surface area contributed by atoms with Crippen LogP contribution in [0.15, 0.2) is 0 Å². The molecule has 11 heteroatoms. The fourth-order valence-corrected chi connectivity index (χ4v) is 7.30. The third kappa shape index (κ3) is 94.3. The number of carbonyl (C=O) groups is 3. The van der Waals surface area contributed by atoms with Crippen molar-refractivity contribution < 1.29 is 34.4 Å². The van der Waals surface area contributed by atoms with Crippen LogP contribution < -0.4 is 0 Å². The highest BCUT2D eigenvalue weighted by Gasteiger charge is 2.02. The van der Waals surface area contributed by atoms with Gasteiger partial charge >= 0.3 is 11.9 Å². The summed E-state index contributed by atoms with van der Waals surface area (Å²) in [5.41, 5.74) is 0. The topological polar surface area (TPSA) is 121 Å². The number of carboxylic acid groups (broad SMARTS) is 1. The number of ether oxygens (including phenoxy) is 1. The normalized spacial score (nSPS) is 10.4. The van der Waals surface area contributed by atoms with E-state index in [2.05, 4.69) is 20.8 Å². The average Bonchev–Trinajstić information content (AvgIpc) is 3.30. The monoisotopic (exact) mass is 1010 g/mol. The molecule has 0 saturated carbocycles. The molecule has 0 amide bonds. The average molecular weight is 1010 g/mol. The second kappa shape index (κ2) is 75.2. The minimum absolute atomic E-state index is 0.0849. The van der Waals surface area contributed by atoms with Crippen molar-refractivity contribution in [2.24, 2.45) is 0 Å². The highest BCUT2D eigenvalue weighted by atomic mass is 35.5. The fraction of sp³-hybridized carbons (Fsp3) is 0.944. The van der Waals surface area contributed by atoms with Gasteiger partial charge in [0.25, 0.3) is 0 Å². The third-order valence-corrected chi connectivity index (χ3v) is 11.6. The molecule has 0 unspecified atom stereocenters. The summed E-state index contributed by atoms with van der Waals surface area (Å²) in [4.78, 5) is 32.0. The number of hydrogen-bond donors (Lipinski definition) is 3. The Kier molecular flexibility index (Phi) is 85.2. The van der Waals surface area contributed by atoms with Crippen molar-refractivity contribution in [1.29, 1.82) is 0 Å². The molecule has 0 atom stereocenters. The van der Waals surface area contributed by atoms with Crippen LogP contribution in [-0.2, 0) is 19.1 Å². The predicted molar refractivity (Wildman–Crippen MR) is 287 cm³/mol. The van der Waals surface area contributed by atoms with E-state index in [1.165, 1.54) is 212 Å². The molecule has 0 aromatic carbocycles. The van der Waals surface area contributed by atoms with Crippen LogP contribution >= 0.6 is 46.4 Å². The first-order valence-electron chi connectivity index (χ1n) is 27.1. The van der Waals surface area contributed by atoms with E-state index < -0.39 is 5.97 Å². The number of carboxylic acids is 1. The van der Waals surface area contributed by atoms with Crippen LogP contribution in [0.3, 0.4) is 0 Å². The van der Waals surface area contributed by atoms with Gasteiger partial charge in [0.15, 0.2) is 0 Å². The number of aliphatic hydroxyl groups is 2. The number of aliphatic hydroxyl groups excluding tert-OH is 2. The Morgan fingerprint density at radius 2 is 0.569 bits per heavy atom. The molecule has 0 aromatic heterocycles. The molecular weight excluding hydrogens is 902 g/mol. The van der Waals surface area contributed by atoms with Gasteiger partial charge in [0.05, 0.1) is 19.1 Å². The van der Waals surface area contributed by atoms with Gasteiger partial charge in [0.2, 0.25) is 5.24 Å². The van der Waals surface area contributed by atoms with E-state index in [0.29, 0.717) is 43.5 Å². The van der Waals surface area contributed by atoms with Crippen LogP contribution in [0.4, 0.5) is 0 Å². The van der Waals surface area contributed by atoms with Crippen molar-refractivity contribution in [2.45, 2.75) is 290 Å². The SMILES string of the molecule is CCCCCCCCCCCCCCCC(=O)Cl.CCCCCCCCCCCCCCCC(=O)O.CCCCCCCCCCCCCCCC(=O)OCCCl.OCCCl.OCCCl. The number of carbonyl (C=O) groups excluding carboxylic acids is 2. The number of alkyl halides is 3. The summed E-state index contributed by atoms with van der Waals surface area (Å²) in [7, 11) is 0. The smallest absolute Gasteiger partial charge is 0.305 e. The molecular formula is C54H108Cl4O7. The number of halogens is 4. The lowest BCUT2D eigenvalue weighted by Crippen LogP contribution is -2.06. The number of aliphatic carboxylic acids is 1. The minimum Gasteiger partial charge on any atom is -0.481 e. The summed E-state index contributed by atoms with van der Waals surface area (Å²) < 4.78 is 4.93. The molecule has 0 aliphatic carbocycles. The molecule has 0 aliphatic heterocycles. The number of hydrogen-bond acceptors (Lipinski definition) is 6. The van der Waals surface area contributed by atoms with Crippen molar-refractivity contribution in [2.75, 3.05) is 37.5 Å². The van der Waals surface area contributed by atoms with Gasteiger partial charge in [-0.25, -0.2) is 0 Å². The Morgan fingerprint density at radius 1 is 0.354 bits per heavy atom. The van der Waals surface area contributed by atoms with E-state index in [0.717, 1.165) is 38.5 Å². The summed E-state index contributed by atoms with van der Waals surface area (Å²) >= 11 is 20.6. The lowest BCUT2D eigenvalue weighted by molar-refractivity contribution is -0.143. The summed E-state index contributed by atoms with van der Waals surface area (Å²) in [5.74, 6) is 0.335. The van der Waals surface area contributed by atoms with Gasteiger partial charge in [-0.1, -0.05) is 252 Å². The van der Waals surface area contributed by atoms with E-state index in [-0.39, 0.29) is 24.4 Å². The van der Waals surface area contributed by atoms with Gasteiger partial charge in [-0.15, -0.1) is 34.8 Å². The van der Waals surface area contributed by atoms with Gasteiger partial charge in [-0.3, -0.25) is 14.4 Å². The molecule has 394 valence electrons. The quantitative estimate of drug-likeness (QED) is 0.0240. The van der Waals surface area contributed by atoms with Crippen molar-refractivity contribution in [3.05, 3.63) is 0 Å². The van der Waals surface area contributed by atoms with Crippen LogP contribution in [0.5, 0.6) is 0 Å². The van der Waals surface area contributed by atoms with Gasteiger partial charge < -0.3 is 20.1 Å². The van der Waals surface area contributed by atoms with E-state index >= 15 is 0 Å². The first-order chi connectivity index (χ1) is 31.7. The highest BCUT2D eigenvalue weighted by Crippen LogP contribution is 2.16. The lowest BCUT2D eigenvalue weighted by atomic mass is 10.0. The molecule has 0 radical (unpaired) electrons. The second-order valence-corrected chi connectivity index (χ2v) is 19.0.